The molecule has 1 atom stereocenters. The fraction of sp³-hybridized carbons (Fsp3) is 0.533. The summed E-state index contributed by atoms with van der Waals surface area (Å²) in [5.74, 6) is -0.420. The lowest BCUT2D eigenvalue weighted by Gasteiger charge is -2.32. The summed E-state index contributed by atoms with van der Waals surface area (Å²) >= 11 is 11.3. The summed E-state index contributed by atoms with van der Waals surface area (Å²) in [5.41, 5.74) is 1.57. The molecular formula is C15H19ClFN3S. The fourth-order valence-corrected chi connectivity index (χ4v) is 3.51. The summed E-state index contributed by atoms with van der Waals surface area (Å²) in [7, 11) is 0. The third kappa shape index (κ3) is 3.00. The highest BCUT2D eigenvalue weighted by Gasteiger charge is 2.18. The first kappa shape index (κ1) is 15.0. The van der Waals surface area contributed by atoms with Crippen LogP contribution in [0.25, 0.3) is 11.0 Å². The molecule has 2 heterocycles. The molecule has 3 rings (SSSR count). The molecule has 6 heteroatoms. The number of imidazole rings is 1. The van der Waals surface area contributed by atoms with Crippen molar-refractivity contribution in [1.29, 1.82) is 0 Å². The van der Waals surface area contributed by atoms with E-state index in [4.69, 9.17) is 23.8 Å². The second kappa shape index (κ2) is 6.07. The lowest BCUT2D eigenvalue weighted by molar-refractivity contribution is 0.160. The van der Waals surface area contributed by atoms with Crippen molar-refractivity contribution >= 4 is 34.9 Å². The van der Waals surface area contributed by atoms with Gasteiger partial charge in [-0.3, -0.25) is 4.90 Å². The van der Waals surface area contributed by atoms with Gasteiger partial charge in [0, 0.05) is 18.7 Å². The van der Waals surface area contributed by atoms with Gasteiger partial charge in [0.25, 0.3) is 0 Å². The van der Waals surface area contributed by atoms with E-state index in [1.54, 1.807) is 6.07 Å². The minimum absolute atomic E-state index is 0.135. The van der Waals surface area contributed by atoms with E-state index in [0.29, 0.717) is 16.3 Å². The van der Waals surface area contributed by atoms with Gasteiger partial charge in [0.15, 0.2) is 4.77 Å². The molecule has 1 saturated heterocycles. The Kier molecular flexibility index (Phi) is 4.33. The number of H-pyrrole nitrogens is 1. The number of benzene rings is 1. The molecule has 114 valence electrons. The molecule has 1 N–H and O–H groups in total. The van der Waals surface area contributed by atoms with E-state index < -0.39 is 5.82 Å². The number of aromatic amines is 1. The summed E-state index contributed by atoms with van der Waals surface area (Å²) in [6.07, 6.45) is 3.85. The molecule has 0 saturated carbocycles. The van der Waals surface area contributed by atoms with Crippen molar-refractivity contribution in [2.24, 2.45) is 0 Å². The monoisotopic (exact) mass is 327 g/mol. The van der Waals surface area contributed by atoms with Crippen LogP contribution in [0.3, 0.4) is 0 Å². The van der Waals surface area contributed by atoms with Crippen molar-refractivity contribution in [2.45, 2.75) is 38.8 Å². The van der Waals surface area contributed by atoms with Crippen LogP contribution in [0.2, 0.25) is 5.02 Å². The minimum Gasteiger partial charge on any atom is -0.330 e. The standard InChI is InChI=1S/C15H19ClFN3S/c1-10(19-5-3-2-4-6-19)9-20-14-7-11(16)12(17)8-13(14)18-15(20)21/h7-8,10H,2-6,9H2,1H3,(H,18,21). The van der Waals surface area contributed by atoms with Crippen LogP contribution in [0, 0.1) is 10.6 Å². The van der Waals surface area contributed by atoms with Gasteiger partial charge >= 0.3 is 0 Å². The molecule has 1 aliphatic heterocycles. The van der Waals surface area contributed by atoms with Crippen LogP contribution in [-0.2, 0) is 6.54 Å². The summed E-state index contributed by atoms with van der Waals surface area (Å²) < 4.78 is 16.2. The van der Waals surface area contributed by atoms with Gasteiger partial charge in [-0.1, -0.05) is 18.0 Å². The number of aromatic nitrogens is 2. The van der Waals surface area contributed by atoms with Gasteiger partial charge in [-0.2, -0.15) is 0 Å². The summed E-state index contributed by atoms with van der Waals surface area (Å²) in [6.45, 7) is 5.30. The Morgan fingerprint density at radius 1 is 1.33 bits per heavy atom. The largest absolute Gasteiger partial charge is 0.330 e. The predicted octanol–water partition coefficient (Wildman–Crippen LogP) is 4.37. The van der Waals surface area contributed by atoms with E-state index >= 15 is 0 Å². The Morgan fingerprint density at radius 2 is 2.05 bits per heavy atom. The predicted molar refractivity (Wildman–Crippen MR) is 87.0 cm³/mol. The first-order valence-corrected chi connectivity index (χ1v) is 8.16. The number of likely N-dealkylation sites (tertiary alicyclic amines) is 1. The number of hydrogen-bond donors (Lipinski definition) is 1. The van der Waals surface area contributed by atoms with E-state index in [0.717, 1.165) is 25.2 Å². The van der Waals surface area contributed by atoms with Crippen LogP contribution in [0.4, 0.5) is 4.39 Å². The molecular weight excluding hydrogens is 309 g/mol. The Hall–Kier alpha value is -0.910. The summed E-state index contributed by atoms with van der Waals surface area (Å²) in [5, 5.41) is 0.135. The number of piperidine rings is 1. The van der Waals surface area contributed by atoms with E-state index in [1.165, 1.54) is 25.3 Å². The van der Waals surface area contributed by atoms with Crippen LogP contribution in [0.1, 0.15) is 26.2 Å². The molecule has 1 aromatic carbocycles. The summed E-state index contributed by atoms with van der Waals surface area (Å²) in [6, 6.07) is 3.47. The quantitative estimate of drug-likeness (QED) is 0.847. The van der Waals surface area contributed by atoms with E-state index in [2.05, 4.69) is 16.8 Å². The Labute approximate surface area is 133 Å². The maximum Gasteiger partial charge on any atom is 0.178 e. The molecule has 1 unspecified atom stereocenters. The second-order valence-electron chi connectivity index (χ2n) is 5.77. The van der Waals surface area contributed by atoms with Gasteiger partial charge in [0.1, 0.15) is 5.82 Å². The number of fused-ring (bicyclic) bond motifs is 1. The molecule has 3 nitrogen and oxygen atoms in total. The Bertz CT molecular complexity index is 703. The molecule has 1 aromatic heterocycles. The number of nitrogens with zero attached hydrogens (tertiary/aromatic N) is 2. The van der Waals surface area contributed by atoms with E-state index in [-0.39, 0.29) is 5.02 Å². The molecule has 1 fully saturated rings. The topological polar surface area (TPSA) is 24.0 Å². The SMILES string of the molecule is CC(Cn1c(=S)[nH]c2cc(F)c(Cl)cc21)N1CCCCC1. The van der Waals surface area contributed by atoms with Gasteiger partial charge in [0.2, 0.25) is 0 Å². The van der Waals surface area contributed by atoms with Crippen LogP contribution in [0.15, 0.2) is 12.1 Å². The van der Waals surface area contributed by atoms with Crippen molar-refractivity contribution in [2.75, 3.05) is 13.1 Å². The highest BCUT2D eigenvalue weighted by molar-refractivity contribution is 7.71. The van der Waals surface area contributed by atoms with Gasteiger partial charge < -0.3 is 9.55 Å². The average Bonchev–Trinajstić information content (AvgIpc) is 2.76. The second-order valence-corrected chi connectivity index (χ2v) is 6.56. The first-order chi connectivity index (χ1) is 10.1. The maximum absolute atomic E-state index is 13.5. The van der Waals surface area contributed by atoms with Gasteiger partial charge in [-0.25, -0.2) is 4.39 Å². The molecule has 0 aliphatic carbocycles. The molecule has 0 amide bonds. The Balaban J connectivity index is 1.91. The lowest BCUT2D eigenvalue weighted by atomic mass is 10.1. The van der Waals surface area contributed by atoms with Crippen molar-refractivity contribution in [3.8, 4) is 0 Å². The minimum atomic E-state index is -0.420. The summed E-state index contributed by atoms with van der Waals surface area (Å²) in [4.78, 5) is 5.56. The molecule has 0 radical (unpaired) electrons. The number of rotatable bonds is 3. The van der Waals surface area contributed by atoms with Crippen molar-refractivity contribution in [1.82, 2.24) is 14.5 Å². The highest BCUT2D eigenvalue weighted by atomic mass is 35.5. The van der Waals surface area contributed by atoms with Crippen LogP contribution >= 0.6 is 23.8 Å². The number of nitrogens with one attached hydrogen (secondary N) is 1. The average molecular weight is 328 g/mol. The molecule has 1 aliphatic rings. The molecule has 0 spiro atoms. The molecule has 2 aromatic rings. The van der Waals surface area contributed by atoms with E-state index in [1.807, 2.05) is 4.57 Å². The van der Waals surface area contributed by atoms with Gasteiger partial charge in [-0.15, -0.1) is 0 Å². The first-order valence-electron chi connectivity index (χ1n) is 7.38. The molecule has 21 heavy (non-hydrogen) atoms. The number of hydrogen-bond acceptors (Lipinski definition) is 2. The van der Waals surface area contributed by atoms with Gasteiger partial charge in [-0.05, 0) is 51.1 Å². The zero-order valence-corrected chi connectivity index (χ0v) is 13.6. The van der Waals surface area contributed by atoms with Gasteiger partial charge in [0.05, 0.1) is 16.1 Å². The maximum atomic E-state index is 13.5. The van der Waals surface area contributed by atoms with Crippen LogP contribution < -0.4 is 0 Å². The van der Waals surface area contributed by atoms with Crippen molar-refractivity contribution < 1.29 is 4.39 Å². The normalized spacial score (nSPS) is 18.2. The lowest BCUT2D eigenvalue weighted by Crippen LogP contribution is -2.39. The van der Waals surface area contributed by atoms with Crippen LogP contribution in [-0.4, -0.2) is 33.6 Å². The smallest absolute Gasteiger partial charge is 0.178 e. The zero-order chi connectivity index (χ0) is 15.0. The molecule has 0 bridgehead atoms. The third-order valence-corrected chi connectivity index (χ3v) is 4.89. The van der Waals surface area contributed by atoms with E-state index in [9.17, 15) is 4.39 Å². The Morgan fingerprint density at radius 3 is 2.76 bits per heavy atom. The third-order valence-electron chi connectivity index (χ3n) is 4.28. The highest BCUT2D eigenvalue weighted by Crippen LogP contribution is 2.24. The van der Waals surface area contributed by atoms with Crippen LogP contribution in [0.5, 0.6) is 0 Å². The van der Waals surface area contributed by atoms with Crippen molar-refractivity contribution in [3.05, 3.63) is 27.7 Å². The number of halogens is 2. The van der Waals surface area contributed by atoms with Crippen molar-refractivity contribution in [3.63, 3.8) is 0 Å². The zero-order valence-electron chi connectivity index (χ0n) is 12.0. The fourth-order valence-electron chi connectivity index (χ4n) is 3.07.